The van der Waals surface area contributed by atoms with Gasteiger partial charge in [0.15, 0.2) is 0 Å². The highest BCUT2D eigenvalue weighted by Crippen LogP contribution is 2.16. The fraction of sp³-hybridized carbons (Fsp3) is 0.867. The van der Waals surface area contributed by atoms with E-state index < -0.39 is 0 Å². The van der Waals surface area contributed by atoms with E-state index >= 15 is 0 Å². The van der Waals surface area contributed by atoms with Crippen LogP contribution in [0, 0.1) is 11.8 Å². The zero-order valence-corrected chi connectivity index (χ0v) is 14.6. The molecule has 7 heteroatoms. The molecule has 0 bridgehead atoms. The Balaban J connectivity index is 0.00000441. The number of rotatable bonds is 7. The average molecular weight is 335 g/mol. The minimum Gasteiger partial charge on any atom is -0.356 e. The van der Waals surface area contributed by atoms with E-state index in [1.807, 2.05) is 0 Å². The number of nitrogens with two attached hydrogens (primary N) is 1. The lowest BCUT2D eigenvalue weighted by molar-refractivity contribution is -0.126. The number of nitrogens with one attached hydrogen (secondary N) is 2. The second-order valence-corrected chi connectivity index (χ2v) is 6.15. The summed E-state index contributed by atoms with van der Waals surface area (Å²) in [5.74, 6) is 0.412. The van der Waals surface area contributed by atoms with Crippen LogP contribution in [0.4, 0.5) is 4.79 Å². The van der Waals surface area contributed by atoms with Crippen LogP contribution >= 0.6 is 12.4 Å². The first-order chi connectivity index (χ1) is 10.0. The largest absolute Gasteiger partial charge is 0.356 e. The highest BCUT2D eigenvalue weighted by Gasteiger charge is 2.28. The van der Waals surface area contributed by atoms with Gasteiger partial charge in [-0.25, -0.2) is 4.79 Å². The molecule has 1 rings (SSSR count). The molecule has 1 heterocycles. The number of amides is 3. The van der Waals surface area contributed by atoms with Crippen molar-refractivity contribution in [2.75, 3.05) is 32.7 Å². The Labute approximate surface area is 140 Å². The van der Waals surface area contributed by atoms with E-state index in [0.29, 0.717) is 32.1 Å². The van der Waals surface area contributed by atoms with Gasteiger partial charge in [-0.1, -0.05) is 13.8 Å². The van der Waals surface area contributed by atoms with E-state index in [4.69, 9.17) is 5.73 Å². The maximum atomic E-state index is 12.1. The molecule has 0 saturated carbocycles. The van der Waals surface area contributed by atoms with Gasteiger partial charge in [0.2, 0.25) is 5.91 Å². The molecular formula is C15H31ClN4O2. The fourth-order valence-corrected chi connectivity index (χ4v) is 2.40. The summed E-state index contributed by atoms with van der Waals surface area (Å²) in [6, 6.07) is -0.0515. The second kappa shape index (κ2) is 11.5. The van der Waals surface area contributed by atoms with Crippen molar-refractivity contribution >= 4 is 24.3 Å². The highest BCUT2D eigenvalue weighted by molar-refractivity contribution is 5.85. The van der Waals surface area contributed by atoms with Crippen molar-refractivity contribution in [3.05, 3.63) is 0 Å². The number of carbonyl (C=O) groups is 2. The van der Waals surface area contributed by atoms with Crippen LogP contribution in [0.1, 0.15) is 39.5 Å². The van der Waals surface area contributed by atoms with Crippen molar-refractivity contribution in [3.8, 4) is 0 Å². The van der Waals surface area contributed by atoms with Gasteiger partial charge >= 0.3 is 6.03 Å². The SMILES string of the molecule is CC(C)CNC(=O)N1CCCC(C(=O)NCCCCN)C1.Cl. The summed E-state index contributed by atoms with van der Waals surface area (Å²) in [6.45, 7) is 7.39. The smallest absolute Gasteiger partial charge is 0.317 e. The highest BCUT2D eigenvalue weighted by atomic mass is 35.5. The molecule has 3 amide bonds. The molecule has 1 fully saturated rings. The Bertz CT molecular complexity index is 340. The molecule has 1 atom stereocenters. The molecule has 6 nitrogen and oxygen atoms in total. The molecular weight excluding hydrogens is 304 g/mol. The van der Waals surface area contributed by atoms with Gasteiger partial charge in [-0.15, -0.1) is 12.4 Å². The Hall–Kier alpha value is -1.01. The van der Waals surface area contributed by atoms with Crippen molar-refractivity contribution in [2.24, 2.45) is 17.6 Å². The lowest BCUT2D eigenvalue weighted by Gasteiger charge is -2.32. The third-order valence-electron chi connectivity index (χ3n) is 3.67. The van der Waals surface area contributed by atoms with E-state index in [9.17, 15) is 9.59 Å². The summed E-state index contributed by atoms with van der Waals surface area (Å²) >= 11 is 0. The quantitative estimate of drug-likeness (QED) is 0.614. The summed E-state index contributed by atoms with van der Waals surface area (Å²) in [5.41, 5.74) is 5.43. The van der Waals surface area contributed by atoms with Crippen molar-refractivity contribution < 1.29 is 9.59 Å². The first kappa shape index (κ1) is 21.0. The number of likely N-dealkylation sites (tertiary alicyclic amines) is 1. The van der Waals surface area contributed by atoms with E-state index in [-0.39, 0.29) is 30.3 Å². The summed E-state index contributed by atoms with van der Waals surface area (Å²) in [7, 11) is 0. The predicted octanol–water partition coefficient (Wildman–Crippen LogP) is 1.34. The summed E-state index contributed by atoms with van der Waals surface area (Å²) in [4.78, 5) is 25.9. The van der Waals surface area contributed by atoms with E-state index in [2.05, 4.69) is 24.5 Å². The molecule has 1 unspecified atom stereocenters. The number of carbonyl (C=O) groups excluding carboxylic acids is 2. The average Bonchev–Trinajstić information content (AvgIpc) is 2.49. The Morgan fingerprint density at radius 2 is 2.00 bits per heavy atom. The van der Waals surface area contributed by atoms with Gasteiger partial charge in [-0.05, 0) is 38.1 Å². The van der Waals surface area contributed by atoms with E-state index in [0.717, 1.165) is 32.2 Å². The lowest BCUT2D eigenvalue weighted by atomic mass is 9.97. The van der Waals surface area contributed by atoms with Crippen LogP contribution in [0.5, 0.6) is 0 Å². The van der Waals surface area contributed by atoms with E-state index in [1.165, 1.54) is 0 Å². The zero-order chi connectivity index (χ0) is 15.7. The van der Waals surface area contributed by atoms with Crippen molar-refractivity contribution in [1.29, 1.82) is 0 Å². The summed E-state index contributed by atoms with van der Waals surface area (Å²) < 4.78 is 0. The molecule has 0 aromatic heterocycles. The molecule has 0 spiro atoms. The second-order valence-electron chi connectivity index (χ2n) is 6.15. The molecule has 0 aromatic rings. The van der Waals surface area contributed by atoms with Gasteiger partial charge in [0.1, 0.15) is 0 Å². The minimum absolute atomic E-state index is 0. The van der Waals surface area contributed by atoms with Gasteiger partial charge in [0.25, 0.3) is 0 Å². The number of hydrogen-bond acceptors (Lipinski definition) is 3. The number of urea groups is 1. The molecule has 1 aliphatic heterocycles. The van der Waals surface area contributed by atoms with Gasteiger partial charge < -0.3 is 21.3 Å². The van der Waals surface area contributed by atoms with Crippen molar-refractivity contribution in [2.45, 2.75) is 39.5 Å². The standard InChI is InChI=1S/C15H30N4O2.ClH/c1-12(2)10-18-15(21)19-9-5-6-13(11-19)14(20)17-8-4-3-7-16;/h12-13H,3-11,16H2,1-2H3,(H,17,20)(H,18,21);1H. The normalized spacial score (nSPS) is 17.8. The first-order valence-corrected chi connectivity index (χ1v) is 8.05. The Morgan fingerprint density at radius 3 is 2.64 bits per heavy atom. The maximum absolute atomic E-state index is 12.1. The van der Waals surface area contributed by atoms with Gasteiger partial charge in [-0.3, -0.25) is 4.79 Å². The topological polar surface area (TPSA) is 87.5 Å². The van der Waals surface area contributed by atoms with Crippen LogP contribution in [0.25, 0.3) is 0 Å². The lowest BCUT2D eigenvalue weighted by Crippen LogP contribution is -2.49. The third kappa shape index (κ3) is 7.84. The van der Waals surface area contributed by atoms with Gasteiger partial charge in [0, 0.05) is 26.2 Å². The summed E-state index contributed by atoms with van der Waals surface area (Å²) in [5, 5.41) is 5.86. The number of halogens is 1. The maximum Gasteiger partial charge on any atom is 0.317 e. The molecule has 1 saturated heterocycles. The molecule has 0 aliphatic carbocycles. The van der Waals surface area contributed by atoms with Crippen LogP contribution in [0.15, 0.2) is 0 Å². The van der Waals surface area contributed by atoms with E-state index in [1.54, 1.807) is 4.90 Å². The third-order valence-corrected chi connectivity index (χ3v) is 3.67. The molecule has 1 aliphatic rings. The minimum atomic E-state index is -0.0820. The Kier molecular flexibility index (Phi) is 11.0. The fourth-order valence-electron chi connectivity index (χ4n) is 2.40. The van der Waals surface area contributed by atoms with Crippen LogP contribution in [-0.4, -0.2) is 49.6 Å². The number of nitrogens with zero attached hydrogens (tertiary/aromatic N) is 1. The van der Waals surface area contributed by atoms with Gasteiger partial charge in [0.05, 0.1) is 5.92 Å². The van der Waals surface area contributed by atoms with Crippen molar-refractivity contribution in [1.82, 2.24) is 15.5 Å². The van der Waals surface area contributed by atoms with Crippen LogP contribution < -0.4 is 16.4 Å². The van der Waals surface area contributed by atoms with Crippen LogP contribution in [-0.2, 0) is 4.79 Å². The molecule has 4 N–H and O–H groups in total. The molecule has 0 radical (unpaired) electrons. The monoisotopic (exact) mass is 334 g/mol. The van der Waals surface area contributed by atoms with Gasteiger partial charge in [-0.2, -0.15) is 0 Å². The molecule has 0 aromatic carbocycles. The Morgan fingerprint density at radius 1 is 1.27 bits per heavy atom. The molecule has 130 valence electrons. The summed E-state index contributed by atoms with van der Waals surface area (Å²) in [6.07, 6.45) is 3.58. The zero-order valence-electron chi connectivity index (χ0n) is 13.8. The predicted molar refractivity (Wildman–Crippen MR) is 91.1 cm³/mol. The van der Waals surface area contributed by atoms with Crippen molar-refractivity contribution in [3.63, 3.8) is 0 Å². The van der Waals surface area contributed by atoms with Crippen LogP contribution in [0.2, 0.25) is 0 Å². The number of unbranched alkanes of at least 4 members (excludes halogenated alkanes) is 1. The number of hydrogen-bond donors (Lipinski definition) is 3. The molecule has 22 heavy (non-hydrogen) atoms. The van der Waals surface area contributed by atoms with Crippen LogP contribution in [0.3, 0.4) is 0 Å². The number of piperidine rings is 1. The first-order valence-electron chi connectivity index (χ1n) is 8.05.